The summed E-state index contributed by atoms with van der Waals surface area (Å²) in [6, 6.07) is 8.03. The van der Waals surface area contributed by atoms with Crippen LogP contribution in [0.15, 0.2) is 36.9 Å². The lowest BCUT2D eigenvalue weighted by atomic mass is 10.2. The van der Waals surface area contributed by atoms with Crippen molar-refractivity contribution in [2.45, 2.75) is 6.54 Å². The Morgan fingerprint density at radius 2 is 2.00 bits per heavy atom. The molecule has 3 nitrogen and oxygen atoms in total. The highest BCUT2D eigenvalue weighted by Crippen LogP contribution is 2.17. The van der Waals surface area contributed by atoms with E-state index in [-0.39, 0.29) is 0 Å². The van der Waals surface area contributed by atoms with Crippen LogP contribution < -0.4 is 5.32 Å². The molecule has 0 saturated carbocycles. The molecule has 1 saturated heterocycles. The molecule has 0 unspecified atom stereocenters. The lowest BCUT2D eigenvalue weighted by Gasteiger charge is -2.36. The molecular formula is C15H20ClN3S. The highest BCUT2D eigenvalue weighted by atomic mass is 35.5. The molecule has 0 aliphatic carbocycles. The molecule has 1 heterocycles. The molecule has 1 aromatic rings. The highest BCUT2D eigenvalue weighted by Gasteiger charge is 2.19. The van der Waals surface area contributed by atoms with Gasteiger partial charge in [-0.05, 0) is 23.8 Å². The summed E-state index contributed by atoms with van der Waals surface area (Å²) in [6.45, 7) is 9.21. The van der Waals surface area contributed by atoms with Crippen LogP contribution in [0.5, 0.6) is 0 Å². The Balaban J connectivity index is 1.81. The summed E-state index contributed by atoms with van der Waals surface area (Å²) in [5.74, 6) is 0. The summed E-state index contributed by atoms with van der Waals surface area (Å²) in [5, 5.41) is 4.84. The maximum atomic E-state index is 6.20. The van der Waals surface area contributed by atoms with Crippen LogP contribution in [0.1, 0.15) is 5.56 Å². The van der Waals surface area contributed by atoms with Gasteiger partial charge in [-0.15, -0.1) is 6.58 Å². The second-order valence-electron chi connectivity index (χ2n) is 4.83. The molecule has 20 heavy (non-hydrogen) atoms. The van der Waals surface area contributed by atoms with Gasteiger partial charge in [0.25, 0.3) is 0 Å². The minimum Gasteiger partial charge on any atom is -0.359 e. The number of rotatable bonds is 4. The van der Waals surface area contributed by atoms with Crippen molar-refractivity contribution in [1.29, 1.82) is 0 Å². The molecule has 2 rings (SSSR count). The van der Waals surface area contributed by atoms with Crippen molar-refractivity contribution < 1.29 is 0 Å². The van der Waals surface area contributed by atoms with Crippen molar-refractivity contribution in [2.24, 2.45) is 0 Å². The molecule has 0 aromatic heterocycles. The van der Waals surface area contributed by atoms with E-state index in [1.807, 2.05) is 24.3 Å². The second kappa shape index (κ2) is 7.62. The summed E-state index contributed by atoms with van der Waals surface area (Å²) in [4.78, 5) is 4.62. The number of piperazine rings is 1. The van der Waals surface area contributed by atoms with Gasteiger partial charge < -0.3 is 10.2 Å². The van der Waals surface area contributed by atoms with Gasteiger partial charge in [0.15, 0.2) is 5.11 Å². The zero-order valence-electron chi connectivity index (χ0n) is 11.5. The van der Waals surface area contributed by atoms with E-state index >= 15 is 0 Å². The Labute approximate surface area is 131 Å². The van der Waals surface area contributed by atoms with Gasteiger partial charge in [-0.25, -0.2) is 0 Å². The molecule has 5 heteroatoms. The van der Waals surface area contributed by atoms with E-state index in [0.29, 0.717) is 0 Å². The maximum Gasteiger partial charge on any atom is 0.169 e. The minimum absolute atomic E-state index is 0.721. The second-order valence-corrected chi connectivity index (χ2v) is 5.62. The largest absolute Gasteiger partial charge is 0.359 e. The SMILES string of the molecule is C=CCNC(=S)N1CCN(Cc2ccccc2Cl)CC1. The van der Waals surface area contributed by atoms with Crippen LogP contribution in [0.25, 0.3) is 0 Å². The average Bonchev–Trinajstić information content (AvgIpc) is 2.48. The van der Waals surface area contributed by atoms with Gasteiger partial charge in [0.2, 0.25) is 0 Å². The predicted molar refractivity (Wildman–Crippen MR) is 89.1 cm³/mol. The number of nitrogens with zero attached hydrogens (tertiary/aromatic N) is 2. The van der Waals surface area contributed by atoms with Crippen LogP contribution in [-0.2, 0) is 6.54 Å². The standard InChI is InChI=1S/C15H20ClN3S/c1-2-7-17-15(20)19-10-8-18(9-11-19)12-13-5-3-4-6-14(13)16/h2-6H,1,7-12H2,(H,17,20). The number of halogens is 1. The molecule has 0 radical (unpaired) electrons. The van der Waals surface area contributed by atoms with E-state index < -0.39 is 0 Å². The molecule has 1 aliphatic heterocycles. The Hall–Kier alpha value is -1.10. The molecule has 0 spiro atoms. The minimum atomic E-state index is 0.721. The van der Waals surface area contributed by atoms with E-state index in [4.69, 9.17) is 23.8 Å². The predicted octanol–water partition coefficient (Wildman–Crippen LogP) is 2.52. The van der Waals surface area contributed by atoms with E-state index in [2.05, 4.69) is 27.8 Å². The van der Waals surface area contributed by atoms with E-state index in [1.165, 1.54) is 5.56 Å². The summed E-state index contributed by atoms with van der Waals surface area (Å²) < 4.78 is 0. The van der Waals surface area contributed by atoms with Gasteiger partial charge in [-0.1, -0.05) is 35.9 Å². The van der Waals surface area contributed by atoms with E-state index in [1.54, 1.807) is 0 Å². The summed E-state index contributed by atoms with van der Waals surface area (Å²) in [6.07, 6.45) is 1.82. The smallest absolute Gasteiger partial charge is 0.169 e. The third kappa shape index (κ3) is 4.20. The van der Waals surface area contributed by atoms with Crippen molar-refractivity contribution in [2.75, 3.05) is 32.7 Å². The van der Waals surface area contributed by atoms with E-state index in [9.17, 15) is 0 Å². The molecule has 0 amide bonds. The molecule has 1 fully saturated rings. The first-order chi connectivity index (χ1) is 9.70. The van der Waals surface area contributed by atoms with Crippen LogP contribution in [-0.4, -0.2) is 47.6 Å². The van der Waals surface area contributed by atoms with Gasteiger partial charge >= 0.3 is 0 Å². The Morgan fingerprint density at radius 3 is 2.65 bits per heavy atom. The van der Waals surface area contributed by atoms with Crippen LogP contribution in [0, 0.1) is 0 Å². The van der Waals surface area contributed by atoms with Gasteiger partial charge in [-0.2, -0.15) is 0 Å². The number of hydrogen-bond acceptors (Lipinski definition) is 2. The van der Waals surface area contributed by atoms with Crippen LogP contribution >= 0.6 is 23.8 Å². The van der Waals surface area contributed by atoms with Crippen LogP contribution in [0.2, 0.25) is 5.02 Å². The van der Waals surface area contributed by atoms with Crippen molar-refractivity contribution in [3.05, 3.63) is 47.5 Å². The van der Waals surface area contributed by atoms with Crippen molar-refractivity contribution in [3.8, 4) is 0 Å². The summed E-state index contributed by atoms with van der Waals surface area (Å²) in [7, 11) is 0. The first kappa shape index (κ1) is 15.3. The molecule has 108 valence electrons. The fourth-order valence-corrected chi connectivity index (χ4v) is 2.71. The third-order valence-electron chi connectivity index (χ3n) is 3.41. The fraction of sp³-hybridized carbons (Fsp3) is 0.400. The van der Waals surface area contributed by atoms with Crippen molar-refractivity contribution in [1.82, 2.24) is 15.1 Å². The van der Waals surface area contributed by atoms with Gasteiger partial charge in [0.1, 0.15) is 0 Å². The lowest BCUT2D eigenvalue weighted by Crippen LogP contribution is -2.51. The molecule has 0 atom stereocenters. The molecule has 1 N–H and O–H groups in total. The molecule has 0 bridgehead atoms. The van der Waals surface area contributed by atoms with E-state index in [0.717, 1.165) is 49.4 Å². The zero-order valence-corrected chi connectivity index (χ0v) is 13.1. The van der Waals surface area contributed by atoms with Gasteiger partial charge in [0, 0.05) is 44.3 Å². The van der Waals surface area contributed by atoms with Gasteiger partial charge in [0.05, 0.1) is 0 Å². The monoisotopic (exact) mass is 309 g/mol. The quantitative estimate of drug-likeness (QED) is 0.680. The number of thiocarbonyl (C=S) groups is 1. The average molecular weight is 310 g/mol. The van der Waals surface area contributed by atoms with Crippen LogP contribution in [0.3, 0.4) is 0 Å². The van der Waals surface area contributed by atoms with Crippen molar-refractivity contribution >= 4 is 28.9 Å². The Kier molecular flexibility index (Phi) is 5.83. The summed E-state index contributed by atoms with van der Waals surface area (Å²) >= 11 is 11.6. The molecular weight excluding hydrogens is 290 g/mol. The Bertz CT molecular complexity index is 470. The topological polar surface area (TPSA) is 18.5 Å². The molecule has 1 aliphatic rings. The fourth-order valence-electron chi connectivity index (χ4n) is 2.25. The normalized spacial score (nSPS) is 15.9. The number of benzene rings is 1. The first-order valence-electron chi connectivity index (χ1n) is 6.80. The van der Waals surface area contributed by atoms with Gasteiger partial charge in [-0.3, -0.25) is 4.90 Å². The Morgan fingerprint density at radius 1 is 1.30 bits per heavy atom. The zero-order chi connectivity index (χ0) is 14.4. The lowest BCUT2D eigenvalue weighted by molar-refractivity contribution is 0.175. The maximum absolute atomic E-state index is 6.20. The first-order valence-corrected chi connectivity index (χ1v) is 7.59. The highest BCUT2D eigenvalue weighted by molar-refractivity contribution is 7.80. The van der Waals surface area contributed by atoms with Crippen molar-refractivity contribution in [3.63, 3.8) is 0 Å². The number of nitrogens with one attached hydrogen (secondary N) is 1. The van der Waals surface area contributed by atoms with Crippen LogP contribution in [0.4, 0.5) is 0 Å². The third-order valence-corrected chi connectivity index (χ3v) is 4.18. The number of hydrogen-bond donors (Lipinski definition) is 1. The molecule has 1 aromatic carbocycles. The summed E-state index contributed by atoms with van der Waals surface area (Å²) in [5.41, 5.74) is 1.19.